The Balaban J connectivity index is 1.56. The van der Waals surface area contributed by atoms with Gasteiger partial charge in [0.05, 0.1) is 11.1 Å². The summed E-state index contributed by atoms with van der Waals surface area (Å²) in [5, 5.41) is 5.17. The van der Waals surface area contributed by atoms with Gasteiger partial charge in [0.25, 0.3) is 5.56 Å². The molecule has 3 aromatic carbocycles. The Kier molecular flexibility index (Phi) is 5.57. The van der Waals surface area contributed by atoms with Crippen LogP contribution in [-0.4, -0.2) is 29.0 Å². The minimum absolute atomic E-state index is 0.0627. The molecular formula is C24H20N2O4. The van der Waals surface area contributed by atoms with Crippen molar-refractivity contribution in [1.29, 1.82) is 0 Å². The predicted molar refractivity (Wildman–Crippen MR) is 114 cm³/mol. The van der Waals surface area contributed by atoms with E-state index in [0.717, 1.165) is 5.56 Å². The molecule has 0 aliphatic heterocycles. The number of carbonyl (C=O) groups is 1. The first kappa shape index (κ1) is 19.4. The van der Waals surface area contributed by atoms with Gasteiger partial charge in [0.1, 0.15) is 19.0 Å². The summed E-state index contributed by atoms with van der Waals surface area (Å²) >= 11 is 0. The zero-order valence-corrected chi connectivity index (χ0v) is 16.4. The molecule has 0 aliphatic rings. The molecule has 0 radical (unpaired) electrons. The first-order valence-electron chi connectivity index (χ1n) is 9.57. The van der Waals surface area contributed by atoms with Gasteiger partial charge in [-0.3, -0.25) is 4.79 Å². The van der Waals surface area contributed by atoms with Gasteiger partial charge in [0.2, 0.25) is 0 Å². The third kappa shape index (κ3) is 4.07. The maximum absolute atomic E-state index is 12.9. The number of hydrogen-bond acceptors (Lipinski definition) is 5. The number of esters is 1. The minimum Gasteiger partial charge on any atom is -0.490 e. The quantitative estimate of drug-likeness (QED) is 0.362. The summed E-state index contributed by atoms with van der Waals surface area (Å²) in [5.41, 5.74) is 1.51. The van der Waals surface area contributed by atoms with E-state index in [0.29, 0.717) is 22.2 Å². The van der Waals surface area contributed by atoms with E-state index >= 15 is 0 Å². The molecule has 1 heterocycles. The SMILES string of the molecule is Cc1ccc(OCCOC(=O)c2nn(-c3ccccc3)c(=O)c3ccccc23)cc1. The fourth-order valence-corrected chi connectivity index (χ4v) is 3.08. The molecule has 4 aromatic rings. The van der Waals surface area contributed by atoms with Gasteiger partial charge in [-0.1, -0.05) is 54.1 Å². The number of para-hydroxylation sites is 1. The van der Waals surface area contributed by atoms with Gasteiger partial charge in [0.15, 0.2) is 5.69 Å². The van der Waals surface area contributed by atoms with Crippen LogP contribution in [0.1, 0.15) is 16.1 Å². The van der Waals surface area contributed by atoms with Crippen LogP contribution in [0.4, 0.5) is 0 Å². The maximum Gasteiger partial charge on any atom is 0.359 e. The summed E-state index contributed by atoms with van der Waals surface area (Å²) < 4.78 is 12.2. The monoisotopic (exact) mass is 400 g/mol. The fourth-order valence-electron chi connectivity index (χ4n) is 3.08. The van der Waals surface area contributed by atoms with E-state index in [4.69, 9.17) is 9.47 Å². The summed E-state index contributed by atoms with van der Waals surface area (Å²) in [4.78, 5) is 25.6. The molecule has 4 rings (SSSR count). The average Bonchev–Trinajstić information content (AvgIpc) is 2.79. The molecule has 0 saturated carbocycles. The van der Waals surface area contributed by atoms with Crippen molar-refractivity contribution in [2.45, 2.75) is 6.92 Å². The van der Waals surface area contributed by atoms with Gasteiger partial charge < -0.3 is 9.47 Å². The molecule has 0 N–H and O–H groups in total. The summed E-state index contributed by atoms with van der Waals surface area (Å²) in [5.74, 6) is 0.0984. The fraction of sp³-hybridized carbons (Fsp3) is 0.125. The number of benzene rings is 3. The van der Waals surface area contributed by atoms with Gasteiger partial charge in [0, 0.05) is 5.39 Å². The number of ether oxygens (including phenoxy) is 2. The Morgan fingerprint density at radius 2 is 1.53 bits per heavy atom. The van der Waals surface area contributed by atoms with Crippen LogP contribution >= 0.6 is 0 Å². The van der Waals surface area contributed by atoms with Crippen LogP contribution in [0.2, 0.25) is 0 Å². The molecule has 0 aliphatic carbocycles. The number of aryl methyl sites for hydroxylation is 1. The van der Waals surface area contributed by atoms with Crippen molar-refractivity contribution in [2.75, 3.05) is 13.2 Å². The maximum atomic E-state index is 12.9. The van der Waals surface area contributed by atoms with Crippen LogP contribution in [0.15, 0.2) is 83.7 Å². The highest BCUT2D eigenvalue weighted by Gasteiger charge is 2.18. The molecule has 0 atom stereocenters. The second-order valence-corrected chi connectivity index (χ2v) is 6.74. The number of nitrogens with zero attached hydrogens (tertiary/aromatic N) is 2. The first-order chi connectivity index (χ1) is 14.6. The second kappa shape index (κ2) is 8.61. The standard InChI is InChI=1S/C24H20N2O4/c1-17-11-13-19(14-12-17)29-15-16-30-24(28)22-20-9-5-6-10-21(20)23(27)26(25-22)18-7-3-2-4-8-18/h2-14H,15-16H2,1H3. The first-order valence-corrected chi connectivity index (χ1v) is 9.57. The van der Waals surface area contributed by atoms with Crippen LogP contribution in [0, 0.1) is 6.92 Å². The Bertz CT molecular complexity index is 1230. The highest BCUT2D eigenvalue weighted by atomic mass is 16.6. The lowest BCUT2D eigenvalue weighted by molar-refractivity contribution is 0.0444. The van der Waals surface area contributed by atoms with E-state index in [1.807, 2.05) is 37.3 Å². The van der Waals surface area contributed by atoms with Crippen LogP contribution in [0.3, 0.4) is 0 Å². The van der Waals surface area contributed by atoms with Gasteiger partial charge >= 0.3 is 5.97 Å². The third-order valence-electron chi connectivity index (χ3n) is 4.61. The van der Waals surface area contributed by atoms with Crippen molar-refractivity contribution in [3.8, 4) is 11.4 Å². The van der Waals surface area contributed by atoms with Crippen molar-refractivity contribution in [3.63, 3.8) is 0 Å². The summed E-state index contributed by atoms with van der Waals surface area (Å²) in [6.45, 7) is 2.27. The highest BCUT2D eigenvalue weighted by molar-refractivity contribution is 6.02. The van der Waals surface area contributed by atoms with E-state index in [2.05, 4.69) is 5.10 Å². The van der Waals surface area contributed by atoms with E-state index in [1.54, 1.807) is 48.5 Å². The number of aromatic nitrogens is 2. The Hall–Kier alpha value is -3.93. The Morgan fingerprint density at radius 1 is 0.867 bits per heavy atom. The molecule has 0 fully saturated rings. The molecule has 0 unspecified atom stereocenters. The van der Waals surface area contributed by atoms with E-state index in [-0.39, 0.29) is 24.5 Å². The van der Waals surface area contributed by atoms with Crippen LogP contribution in [0.25, 0.3) is 16.5 Å². The molecule has 0 spiro atoms. The number of rotatable bonds is 6. The molecule has 6 heteroatoms. The number of carbonyl (C=O) groups excluding carboxylic acids is 1. The third-order valence-corrected chi connectivity index (χ3v) is 4.61. The molecule has 30 heavy (non-hydrogen) atoms. The Labute approximate surface area is 173 Å². The average molecular weight is 400 g/mol. The van der Waals surface area contributed by atoms with Gasteiger partial charge in [-0.2, -0.15) is 9.78 Å². The minimum atomic E-state index is -0.608. The Morgan fingerprint density at radius 3 is 2.27 bits per heavy atom. The van der Waals surface area contributed by atoms with Crippen molar-refractivity contribution >= 4 is 16.7 Å². The van der Waals surface area contributed by atoms with Gasteiger partial charge in [-0.15, -0.1) is 0 Å². The molecule has 150 valence electrons. The largest absolute Gasteiger partial charge is 0.490 e. The lowest BCUT2D eigenvalue weighted by atomic mass is 10.1. The van der Waals surface area contributed by atoms with Crippen LogP contribution in [0.5, 0.6) is 5.75 Å². The molecule has 1 aromatic heterocycles. The number of fused-ring (bicyclic) bond motifs is 1. The topological polar surface area (TPSA) is 70.4 Å². The normalized spacial score (nSPS) is 10.7. The van der Waals surface area contributed by atoms with Crippen LogP contribution < -0.4 is 10.3 Å². The van der Waals surface area contributed by atoms with Gasteiger partial charge in [-0.05, 0) is 37.3 Å². The van der Waals surface area contributed by atoms with E-state index < -0.39 is 5.97 Å². The van der Waals surface area contributed by atoms with E-state index in [1.165, 1.54) is 4.68 Å². The molecule has 6 nitrogen and oxygen atoms in total. The summed E-state index contributed by atoms with van der Waals surface area (Å²) in [6.07, 6.45) is 0. The molecule has 0 saturated heterocycles. The van der Waals surface area contributed by atoms with Crippen molar-refractivity contribution in [2.24, 2.45) is 0 Å². The molecule has 0 amide bonds. The zero-order chi connectivity index (χ0) is 20.9. The highest BCUT2D eigenvalue weighted by Crippen LogP contribution is 2.16. The van der Waals surface area contributed by atoms with Crippen molar-refractivity contribution in [1.82, 2.24) is 9.78 Å². The van der Waals surface area contributed by atoms with Crippen LogP contribution in [-0.2, 0) is 4.74 Å². The summed E-state index contributed by atoms with van der Waals surface area (Å²) in [6, 6.07) is 23.5. The smallest absolute Gasteiger partial charge is 0.359 e. The van der Waals surface area contributed by atoms with Crippen molar-refractivity contribution < 1.29 is 14.3 Å². The second-order valence-electron chi connectivity index (χ2n) is 6.74. The predicted octanol–water partition coefficient (Wildman–Crippen LogP) is 3.93. The summed E-state index contributed by atoms with van der Waals surface area (Å²) in [7, 11) is 0. The molecular weight excluding hydrogens is 380 g/mol. The van der Waals surface area contributed by atoms with Gasteiger partial charge in [-0.25, -0.2) is 4.79 Å². The van der Waals surface area contributed by atoms with Crippen molar-refractivity contribution in [3.05, 3.63) is 100 Å². The lowest BCUT2D eigenvalue weighted by Crippen LogP contribution is -2.25. The van der Waals surface area contributed by atoms with E-state index in [9.17, 15) is 9.59 Å². The zero-order valence-electron chi connectivity index (χ0n) is 16.4. The molecule has 0 bridgehead atoms. The number of hydrogen-bond donors (Lipinski definition) is 0. The lowest BCUT2D eigenvalue weighted by Gasteiger charge is -2.11.